The van der Waals surface area contributed by atoms with Gasteiger partial charge in [0.15, 0.2) is 0 Å². The Bertz CT molecular complexity index is 629. The SMILES string of the molecule is CC1(C)CCC(N(C(=O)C(F)(F)F)c2ncccc2C(=O)O)C1. The van der Waals surface area contributed by atoms with Gasteiger partial charge in [0.1, 0.15) is 11.4 Å². The topological polar surface area (TPSA) is 70.5 Å². The summed E-state index contributed by atoms with van der Waals surface area (Å²) in [7, 11) is 0. The van der Waals surface area contributed by atoms with Crippen LogP contribution in [0.4, 0.5) is 19.0 Å². The van der Waals surface area contributed by atoms with E-state index >= 15 is 0 Å². The lowest BCUT2D eigenvalue weighted by Gasteiger charge is -2.30. The molecule has 0 bridgehead atoms. The van der Waals surface area contributed by atoms with Crippen LogP contribution in [-0.2, 0) is 4.79 Å². The molecular formula is C15H17F3N2O3. The molecule has 1 heterocycles. The summed E-state index contributed by atoms with van der Waals surface area (Å²) in [5.41, 5.74) is -0.637. The third-order valence-electron chi connectivity index (χ3n) is 4.01. The summed E-state index contributed by atoms with van der Waals surface area (Å²) < 4.78 is 39.0. The minimum absolute atomic E-state index is 0.215. The summed E-state index contributed by atoms with van der Waals surface area (Å²) in [6.07, 6.45) is -2.55. The monoisotopic (exact) mass is 330 g/mol. The van der Waals surface area contributed by atoms with Gasteiger partial charge in [-0.3, -0.25) is 9.69 Å². The number of hydrogen-bond acceptors (Lipinski definition) is 3. The number of anilines is 1. The number of carboxylic acids is 1. The van der Waals surface area contributed by atoms with Crippen LogP contribution in [0.3, 0.4) is 0 Å². The lowest BCUT2D eigenvalue weighted by Crippen LogP contribution is -2.47. The van der Waals surface area contributed by atoms with Crippen molar-refractivity contribution in [2.24, 2.45) is 5.41 Å². The van der Waals surface area contributed by atoms with Gasteiger partial charge in [0, 0.05) is 12.2 Å². The van der Waals surface area contributed by atoms with E-state index in [0.717, 1.165) is 6.07 Å². The second kappa shape index (κ2) is 5.82. The van der Waals surface area contributed by atoms with E-state index in [2.05, 4.69) is 4.98 Å². The zero-order chi connectivity index (χ0) is 17.4. The smallest absolute Gasteiger partial charge is 0.471 e. The average molecular weight is 330 g/mol. The summed E-state index contributed by atoms with van der Waals surface area (Å²) in [5.74, 6) is -3.96. The summed E-state index contributed by atoms with van der Waals surface area (Å²) in [5, 5.41) is 9.19. The molecule has 1 aliphatic rings. The first-order valence-corrected chi connectivity index (χ1v) is 7.11. The zero-order valence-electron chi connectivity index (χ0n) is 12.7. The lowest BCUT2D eigenvalue weighted by molar-refractivity contribution is -0.171. The fourth-order valence-corrected chi connectivity index (χ4v) is 2.95. The normalized spacial score (nSPS) is 20.3. The highest BCUT2D eigenvalue weighted by atomic mass is 19.4. The van der Waals surface area contributed by atoms with Crippen LogP contribution >= 0.6 is 0 Å². The maximum atomic E-state index is 13.0. The van der Waals surface area contributed by atoms with Crippen molar-refractivity contribution in [2.75, 3.05) is 4.90 Å². The average Bonchev–Trinajstić information content (AvgIpc) is 2.78. The van der Waals surface area contributed by atoms with Crippen LogP contribution in [0.5, 0.6) is 0 Å². The molecule has 1 aromatic rings. The van der Waals surface area contributed by atoms with Crippen LogP contribution in [0.1, 0.15) is 43.5 Å². The molecule has 8 heteroatoms. The predicted molar refractivity (Wildman–Crippen MR) is 76.2 cm³/mol. The number of halogens is 3. The molecule has 5 nitrogen and oxygen atoms in total. The summed E-state index contributed by atoms with van der Waals surface area (Å²) in [6.45, 7) is 3.81. The Labute approximate surface area is 131 Å². The van der Waals surface area contributed by atoms with Gasteiger partial charge in [0.05, 0.1) is 0 Å². The van der Waals surface area contributed by atoms with Crippen molar-refractivity contribution in [2.45, 2.75) is 45.3 Å². The number of rotatable bonds is 3. The molecule has 126 valence electrons. The third-order valence-corrected chi connectivity index (χ3v) is 4.01. The van der Waals surface area contributed by atoms with Crippen molar-refractivity contribution in [3.8, 4) is 0 Å². The summed E-state index contributed by atoms with van der Waals surface area (Å²) in [4.78, 5) is 27.5. The number of aromatic carboxylic acids is 1. The number of nitrogens with zero attached hydrogens (tertiary/aromatic N) is 2. The van der Waals surface area contributed by atoms with Crippen LogP contribution in [-0.4, -0.2) is 34.2 Å². The molecule has 0 aromatic carbocycles. The first-order valence-electron chi connectivity index (χ1n) is 7.11. The van der Waals surface area contributed by atoms with Gasteiger partial charge in [0.2, 0.25) is 0 Å². The lowest BCUT2D eigenvalue weighted by atomic mass is 9.91. The second-order valence-electron chi connectivity index (χ2n) is 6.41. The number of alkyl halides is 3. The first kappa shape index (κ1) is 17.2. The highest BCUT2D eigenvalue weighted by Gasteiger charge is 2.48. The van der Waals surface area contributed by atoms with E-state index in [0.29, 0.717) is 24.2 Å². The molecule has 1 unspecified atom stereocenters. The van der Waals surface area contributed by atoms with Gasteiger partial charge in [-0.15, -0.1) is 0 Å². The highest BCUT2D eigenvalue weighted by Crippen LogP contribution is 2.42. The minimum atomic E-state index is -5.10. The van der Waals surface area contributed by atoms with Crippen molar-refractivity contribution < 1.29 is 27.9 Å². The van der Waals surface area contributed by atoms with Crippen LogP contribution in [0, 0.1) is 5.41 Å². The van der Waals surface area contributed by atoms with Gasteiger partial charge in [-0.05, 0) is 36.8 Å². The van der Waals surface area contributed by atoms with E-state index in [1.54, 1.807) is 0 Å². The van der Waals surface area contributed by atoms with E-state index in [-0.39, 0.29) is 5.41 Å². The van der Waals surface area contributed by atoms with Gasteiger partial charge >= 0.3 is 18.1 Å². The molecule has 1 N–H and O–H groups in total. The van der Waals surface area contributed by atoms with E-state index in [1.807, 2.05) is 13.8 Å². The fourth-order valence-electron chi connectivity index (χ4n) is 2.95. The van der Waals surface area contributed by atoms with Crippen molar-refractivity contribution in [3.63, 3.8) is 0 Å². The Morgan fingerprint density at radius 2 is 2.04 bits per heavy atom. The molecule has 1 aliphatic carbocycles. The largest absolute Gasteiger partial charge is 0.478 e. The molecule has 2 rings (SSSR count). The standard InChI is InChI=1S/C15H17F3N2O3/c1-14(2)6-5-9(8-14)20(13(23)15(16,17)18)11-10(12(21)22)4-3-7-19-11/h3-4,7,9H,5-6,8H2,1-2H3,(H,21,22). The van der Waals surface area contributed by atoms with Crippen LogP contribution < -0.4 is 4.90 Å². The molecular weight excluding hydrogens is 313 g/mol. The van der Waals surface area contributed by atoms with Crippen LogP contribution in [0.15, 0.2) is 18.3 Å². The quantitative estimate of drug-likeness (QED) is 0.923. The third kappa shape index (κ3) is 3.62. The van der Waals surface area contributed by atoms with Crippen molar-refractivity contribution in [1.82, 2.24) is 4.98 Å². The van der Waals surface area contributed by atoms with Crippen LogP contribution in [0.2, 0.25) is 0 Å². The number of aromatic nitrogens is 1. The Morgan fingerprint density at radius 3 is 2.52 bits per heavy atom. The van der Waals surface area contributed by atoms with E-state index in [4.69, 9.17) is 0 Å². The molecule has 0 radical (unpaired) electrons. The first-order chi connectivity index (χ1) is 10.5. The number of carboxylic acid groups (broad SMARTS) is 1. The molecule has 0 saturated heterocycles. The summed E-state index contributed by atoms with van der Waals surface area (Å²) >= 11 is 0. The van der Waals surface area contributed by atoms with Gasteiger partial charge in [-0.25, -0.2) is 9.78 Å². The Kier molecular flexibility index (Phi) is 4.37. The number of carbonyl (C=O) groups excluding carboxylic acids is 1. The van der Waals surface area contributed by atoms with Gasteiger partial charge in [0.25, 0.3) is 0 Å². The predicted octanol–water partition coefficient (Wildman–Crippen LogP) is 3.25. The summed E-state index contributed by atoms with van der Waals surface area (Å²) in [6, 6.07) is 1.72. The fraction of sp³-hybridized carbons (Fsp3) is 0.533. The van der Waals surface area contributed by atoms with Crippen molar-refractivity contribution in [1.29, 1.82) is 0 Å². The maximum Gasteiger partial charge on any atom is 0.471 e. The molecule has 1 atom stereocenters. The van der Waals surface area contributed by atoms with E-state index in [1.165, 1.54) is 12.3 Å². The zero-order valence-corrected chi connectivity index (χ0v) is 12.7. The molecule has 1 saturated carbocycles. The number of amides is 1. The van der Waals surface area contributed by atoms with Gasteiger partial charge < -0.3 is 5.11 Å². The molecule has 0 spiro atoms. The Balaban J connectivity index is 2.51. The molecule has 1 fully saturated rings. The number of pyridine rings is 1. The van der Waals surface area contributed by atoms with Gasteiger partial charge in [-0.2, -0.15) is 13.2 Å². The maximum absolute atomic E-state index is 13.0. The minimum Gasteiger partial charge on any atom is -0.478 e. The van der Waals surface area contributed by atoms with Gasteiger partial charge in [-0.1, -0.05) is 13.8 Å². The second-order valence-corrected chi connectivity index (χ2v) is 6.41. The van der Waals surface area contributed by atoms with E-state index in [9.17, 15) is 27.9 Å². The Hall–Kier alpha value is -2.12. The number of carbonyl (C=O) groups is 2. The molecule has 1 amide bonds. The van der Waals surface area contributed by atoms with Crippen molar-refractivity contribution >= 4 is 17.7 Å². The van der Waals surface area contributed by atoms with Crippen molar-refractivity contribution in [3.05, 3.63) is 23.9 Å². The molecule has 23 heavy (non-hydrogen) atoms. The van der Waals surface area contributed by atoms with Crippen LogP contribution in [0.25, 0.3) is 0 Å². The molecule has 1 aromatic heterocycles. The number of hydrogen-bond donors (Lipinski definition) is 1. The molecule has 0 aliphatic heterocycles. The van der Waals surface area contributed by atoms with E-state index < -0.39 is 35.5 Å². The highest BCUT2D eigenvalue weighted by molar-refractivity contribution is 6.03. The Morgan fingerprint density at radius 1 is 1.39 bits per heavy atom.